The van der Waals surface area contributed by atoms with Gasteiger partial charge in [-0.3, -0.25) is 19.9 Å². The number of imide groups is 1. The lowest BCUT2D eigenvalue weighted by Crippen LogP contribution is -2.38. The number of thioether (sulfide) groups is 1. The number of carbonyl (C=O) groups excluding carboxylic acids is 2. The highest BCUT2D eigenvalue weighted by Crippen LogP contribution is 2.27. The molecule has 2 aliphatic rings. The van der Waals surface area contributed by atoms with Crippen LogP contribution in [0.5, 0.6) is 11.5 Å². The third-order valence-electron chi connectivity index (χ3n) is 7.37. The molecule has 2 saturated heterocycles. The van der Waals surface area contributed by atoms with Crippen LogP contribution in [-0.4, -0.2) is 45.7 Å². The number of hydrogen-bond donors (Lipinski definition) is 2. The number of hydrogen-bond acceptors (Lipinski definition) is 9. The molecule has 9 nitrogen and oxygen atoms in total. The quantitative estimate of drug-likeness (QED) is 0.227. The Morgan fingerprint density at radius 1 is 1.00 bits per heavy atom. The molecule has 0 bridgehead atoms. The van der Waals surface area contributed by atoms with Crippen LogP contribution in [0.4, 0.5) is 10.7 Å². The van der Waals surface area contributed by atoms with Crippen LogP contribution in [0.15, 0.2) is 83.9 Å². The number of ether oxygens (including phenoxy) is 1. The number of benzene rings is 2. The van der Waals surface area contributed by atoms with Gasteiger partial charge in [0.2, 0.25) is 5.95 Å². The standard InChI is InChI=1S/C33H32N6O3S/c1-22-17-26(36-29(18-22)24-7-9-28(10-8-24)42-27-5-3-2-4-6-27)21-34-20-23-12-15-39(16-13-23)32-35-14-11-25(37-32)19-30-31(40)38-33(41)43-30/h2-11,14,17-19,23,34H,12-13,15-16,20-21H2,1H3,(H,38,40,41)/b30-19-. The molecule has 2 fully saturated rings. The highest BCUT2D eigenvalue weighted by Gasteiger charge is 2.26. The van der Waals surface area contributed by atoms with E-state index < -0.39 is 0 Å². The fourth-order valence-corrected chi connectivity index (χ4v) is 5.85. The van der Waals surface area contributed by atoms with Crippen LogP contribution in [0.1, 0.15) is 29.8 Å². The molecule has 6 rings (SSSR count). The van der Waals surface area contributed by atoms with Crippen LogP contribution < -0.4 is 20.3 Å². The molecule has 218 valence electrons. The summed E-state index contributed by atoms with van der Waals surface area (Å²) in [5.74, 6) is 2.42. The lowest BCUT2D eigenvalue weighted by Gasteiger charge is -2.32. The number of para-hydroxylation sites is 1. The second-order valence-corrected chi connectivity index (χ2v) is 11.7. The Balaban J connectivity index is 0.997. The zero-order valence-electron chi connectivity index (χ0n) is 23.8. The Kier molecular flexibility index (Phi) is 8.76. The van der Waals surface area contributed by atoms with E-state index in [0.717, 1.165) is 72.7 Å². The van der Waals surface area contributed by atoms with Gasteiger partial charge in [-0.15, -0.1) is 0 Å². The van der Waals surface area contributed by atoms with Gasteiger partial charge in [0.25, 0.3) is 11.1 Å². The Labute approximate surface area is 254 Å². The molecule has 0 radical (unpaired) electrons. The highest BCUT2D eigenvalue weighted by molar-refractivity contribution is 8.18. The molecule has 10 heteroatoms. The van der Waals surface area contributed by atoms with Gasteiger partial charge in [-0.1, -0.05) is 18.2 Å². The van der Waals surface area contributed by atoms with E-state index in [1.54, 1.807) is 18.3 Å². The fourth-order valence-electron chi connectivity index (χ4n) is 5.19. The number of anilines is 1. The second kappa shape index (κ2) is 13.2. The van der Waals surface area contributed by atoms with Crippen molar-refractivity contribution in [1.29, 1.82) is 0 Å². The van der Waals surface area contributed by atoms with Gasteiger partial charge in [-0.2, -0.15) is 0 Å². The third kappa shape index (κ3) is 7.46. The molecule has 0 unspecified atom stereocenters. The molecule has 2 aromatic heterocycles. The summed E-state index contributed by atoms with van der Waals surface area (Å²) in [4.78, 5) is 39.8. The van der Waals surface area contributed by atoms with Gasteiger partial charge in [-0.05, 0) is 110 Å². The van der Waals surface area contributed by atoms with Crippen molar-refractivity contribution in [1.82, 2.24) is 25.6 Å². The number of piperidine rings is 1. The van der Waals surface area contributed by atoms with Crippen molar-refractivity contribution in [2.75, 3.05) is 24.5 Å². The van der Waals surface area contributed by atoms with E-state index in [2.05, 4.69) is 44.6 Å². The molecule has 0 saturated carbocycles. The van der Waals surface area contributed by atoms with E-state index in [-0.39, 0.29) is 11.1 Å². The molecular formula is C33H32N6O3S. The van der Waals surface area contributed by atoms with E-state index in [1.165, 1.54) is 5.56 Å². The first-order valence-corrected chi connectivity index (χ1v) is 15.1. The first kappa shape index (κ1) is 28.6. The van der Waals surface area contributed by atoms with Crippen LogP contribution in [-0.2, 0) is 11.3 Å². The molecule has 43 heavy (non-hydrogen) atoms. The van der Waals surface area contributed by atoms with E-state index in [9.17, 15) is 9.59 Å². The van der Waals surface area contributed by atoms with Crippen molar-refractivity contribution in [3.63, 3.8) is 0 Å². The average Bonchev–Trinajstić information content (AvgIpc) is 3.34. The number of nitrogens with one attached hydrogen (secondary N) is 2. The van der Waals surface area contributed by atoms with Gasteiger partial charge in [0.05, 0.1) is 22.0 Å². The Morgan fingerprint density at radius 3 is 2.51 bits per heavy atom. The summed E-state index contributed by atoms with van der Waals surface area (Å²) < 4.78 is 5.93. The molecule has 2 N–H and O–H groups in total. The van der Waals surface area contributed by atoms with Crippen LogP contribution in [0.2, 0.25) is 0 Å². The van der Waals surface area contributed by atoms with Crippen molar-refractivity contribution < 1.29 is 14.3 Å². The van der Waals surface area contributed by atoms with Crippen molar-refractivity contribution in [3.05, 3.63) is 101 Å². The Bertz CT molecular complexity index is 1640. The first-order valence-electron chi connectivity index (χ1n) is 14.3. The summed E-state index contributed by atoms with van der Waals surface area (Å²) in [6.07, 6.45) is 5.38. The third-order valence-corrected chi connectivity index (χ3v) is 8.18. The largest absolute Gasteiger partial charge is 0.457 e. The van der Waals surface area contributed by atoms with E-state index in [0.29, 0.717) is 29.0 Å². The maximum Gasteiger partial charge on any atom is 0.290 e. The zero-order chi connectivity index (χ0) is 29.6. The molecule has 2 amide bonds. The van der Waals surface area contributed by atoms with E-state index in [1.807, 2.05) is 54.6 Å². The van der Waals surface area contributed by atoms with Gasteiger partial charge in [0.1, 0.15) is 11.5 Å². The minimum atomic E-state index is -0.385. The predicted octanol–water partition coefficient (Wildman–Crippen LogP) is 5.97. The lowest BCUT2D eigenvalue weighted by molar-refractivity contribution is -0.115. The smallest absolute Gasteiger partial charge is 0.290 e. The summed E-state index contributed by atoms with van der Waals surface area (Å²) in [7, 11) is 0. The van der Waals surface area contributed by atoms with E-state index >= 15 is 0 Å². The molecule has 2 aromatic carbocycles. The first-order chi connectivity index (χ1) is 21.0. The highest BCUT2D eigenvalue weighted by atomic mass is 32.2. The summed E-state index contributed by atoms with van der Waals surface area (Å²) in [6.45, 7) is 5.44. The van der Waals surface area contributed by atoms with E-state index in [4.69, 9.17) is 9.72 Å². The van der Waals surface area contributed by atoms with Gasteiger partial charge in [0, 0.05) is 31.4 Å². The molecular weight excluding hydrogens is 560 g/mol. The molecule has 0 atom stereocenters. The maximum atomic E-state index is 11.9. The van der Waals surface area contributed by atoms with Gasteiger partial charge < -0.3 is 15.0 Å². The van der Waals surface area contributed by atoms with Crippen LogP contribution in [0.3, 0.4) is 0 Å². The van der Waals surface area contributed by atoms with Crippen molar-refractivity contribution in [2.45, 2.75) is 26.3 Å². The second-order valence-electron chi connectivity index (χ2n) is 10.7. The number of aryl methyl sites for hydroxylation is 1. The topological polar surface area (TPSA) is 109 Å². The average molecular weight is 593 g/mol. The molecule has 2 aliphatic heterocycles. The number of carbonyl (C=O) groups is 2. The summed E-state index contributed by atoms with van der Waals surface area (Å²) >= 11 is 0.888. The number of amides is 2. The van der Waals surface area contributed by atoms with Gasteiger partial charge >= 0.3 is 0 Å². The van der Waals surface area contributed by atoms with Gasteiger partial charge in [-0.25, -0.2) is 9.97 Å². The summed E-state index contributed by atoms with van der Waals surface area (Å²) in [6, 6.07) is 23.8. The number of aromatic nitrogens is 3. The van der Waals surface area contributed by atoms with Gasteiger partial charge in [0.15, 0.2) is 0 Å². The van der Waals surface area contributed by atoms with Crippen LogP contribution in [0, 0.1) is 12.8 Å². The molecule has 4 aromatic rings. The molecule has 4 heterocycles. The summed E-state index contributed by atoms with van der Waals surface area (Å²) in [5, 5.41) is 5.52. The maximum absolute atomic E-state index is 11.9. The number of nitrogens with zero attached hydrogens (tertiary/aromatic N) is 4. The Morgan fingerprint density at radius 2 is 1.77 bits per heavy atom. The minimum absolute atomic E-state index is 0.348. The van der Waals surface area contributed by atoms with Crippen molar-refractivity contribution in [2.24, 2.45) is 5.92 Å². The monoisotopic (exact) mass is 592 g/mol. The lowest BCUT2D eigenvalue weighted by atomic mass is 9.97. The number of rotatable bonds is 9. The number of pyridine rings is 1. The van der Waals surface area contributed by atoms with Crippen molar-refractivity contribution >= 4 is 34.9 Å². The molecule has 0 aliphatic carbocycles. The minimum Gasteiger partial charge on any atom is -0.457 e. The normalized spacial score (nSPS) is 16.5. The fraction of sp³-hybridized carbons (Fsp3) is 0.242. The summed E-state index contributed by atoms with van der Waals surface area (Å²) in [5.41, 5.74) is 4.82. The predicted molar refractivity (Wildman–Crippen MR) is 169 cm³/mol. The van der Waals surface area contributed by atoms with Crippen LogP contribution >= 0.6 is 11.8 Å². The zero-order valence-corrected chi connectivity index (χ0v) is 24.6. The molecule has 0 spiro atoms. The van der Waals surface area contributed by atoms with Crippen molar-refractivity contribution in [3.8, 4) is 22.8 Å². The SMILES string of the molecule is Cc1cc(CNCC2CCN(c3nccc(/C=C4\SC(=O)NC4=O)n3)CC2)nc(-c2ccc(Oc3ccccc3)cc2)c1. The Hall–Kier alpha value is -4.54. The van der Waals surface area contributed by atoms with Crippen LogP contribution in [0.25, 0.3) is 17.3 Å².